The molecule has 2 aromatic heterocycles. The van der Waals surface area contributed by atoms with Crippen LogP contribution in [0.4, 0.5) is 0 Å². The predicted octanol–water partition coefficient (Wildman–Crippen LogP) is 2.53. The van der Waals surface area contributed by atoms with Gasteiger partial charge >= 0.3 is 5.97 Å². The molecule has 0 unspecified atom stereocenters. The van der Waals surface area contributed by atoms with E-state index in [9.17, 15) is 4.79 Å². The molecule has 5 nitrogen and oxygen atoms in total. The molecule has 0 aliphatic carbocycles. The normalized spacial score (nSPS) is 10.9. The van der Waals surface area contributed by atoms with Crippen LogP contribution in [0.25, 0.3) is 22.2 Å². The summed E-state index contributed by atoms with van der Waals surface area (Å²) in [6.45, 7) is 0. The van der Waals surface area contributed by atoms with Crippen LogP contribution in [0.15, 0.2) is 41.1 Å². The second-order valence-corrected chi connectivity index (χ2v) is 4.05. The highest BCUT2D eigenvalue weighted by Crippen LogP contribution is 2.30. The largest absolute Gasteiger partial charge is 0.476 e. The van der Waals surface area contributed by atoms with E-state index in [-0.39, 0.29) is 5.69 Å². The van der Waals surface area contributed by atoms with E-state index >= 15 is 0 Å². The van der Waals surface area contributed by atoms with Gasteiger partial charge < -0.3 is 14.2 Å². The average molecular weight is 242 g/mol. The van der Waals surface area contributed by atoms with Gasteiger partial charge in [0.25, 0.3) is 0 Å². The molecule has 0 aliphatic rings. The average Bonchev–Trinajstić information content (AvgIpc) is 2.95. The standard InChI is InChI=1S/C13H10N2O3/c1-15-7-9(8-4-2-3-5-11(8)15)12-6-10(13(16)17)14-18-12/h2-7H,1H3,(H,16,17). The first kappa shape index (κ1) is 10.6. The lowest BCUT2D eigenvalue weighted by atomic mass is 10.1. The lowest BCUT2D eigenvalue weighted by molar-refractivity contribution is 0.0686. The van der Waals surface area contributed by atoms with E-state index in [0.29, 0.717) is 5.76 Å². The molecule has 0 saturated heterocycles. The van der Waals surface area contributed by atoms with Crippen LogP contribution in [0.2, 0.25) is 0 Å². The van der Waals surface area contributed by atoms with Crippen LogP contribution in [0.1, 0.15) is 10.5 Å². The summed E-state index contributed by atoms with van der Waals surface area (Å²) in [5, 5.41) is 13.4. The van der Waals surface area contributed by atoms with Gasteiger partial charge in [0.15, 0.2) is 11.5 Å². The number of aromatic carboxylic acids is 1. The number of hydrogen-bond donors (Lipinski definition) is 1. The SMILES string of the molecule is Cn1cc(-c2cc(C(=O)O)no2)c2ccccc21. The number of aryl methyl sites for hydroxylation is 1. The molecule has 3 aromatic rings. The van der Waals surface area contributed by atoms with Gasteiger partial charge in [0.05, 0.1) is 0 Å². The summed E-state index contributed by atoms with van der Waals surface area (Å²) < 4.78 is 7.06. The minimum absolute atomic E-state index is 0.0852. The number of carboxylic acids is 1. The molecule has 0 fully saturated rings. The number of nitrogens with zero attached hydrogens (tertiary/aromatic N) is 2. The van der Waals surface area contributed by atoms with Crippen molar-refractivity contribution in [1.29, 1.82) is 0 Å². The number of para-hydroxylation sites is 1. The van der Waals surface area contributed by atoms with Crippen molar-refractivity contribution in [2.45, 2.75) is 0 Å². The third kappa shape index (κ3) is 1.48. The fraction of sp³-hybridized carbons (Fsp3) is 0.0769. The molecule has 1 aromatic carbocycles. The molecule has 0 radical (unpaired) electrons. The van der Waals surface area contributed by atoms with Crippen LogP contribution < -0.4 is 0 Å². The molecule has 1 N–H and O–H groups in total. The zero-order chi connectivity index (χ0) is 12.7. The molecular weight excluding hydrogens is 232 g/mol. The van der Waals surface area contributed by atoms with Crippen molar-refractivity contribution in [2.75, 3.05) is 0 Å². The first-order valence-corrected chi connectivity index (χ1v) is 5.41. The number of carboxylic acid groups (broad SMARTS) is 1. The Morgan fingerprint density at radius 1 is 1.39 bits per heavy atom. The Kier molecular flexibility index (Phi) is 2.19. The molecule has 0 atom stereocenters. The maximum Gasteiger partial charge on any atom is 0.358 e. The summed E-state index contributed by atoms with van der Waals surface area (Å²) in [6.07, 6.45) is 1.90. The summed E-state index contributed by atoms with van der Waals surface area (Å²) in [7, 11) is 1.93. The van der Waals surface area contributed by atoms with E-state index in [0.717, 1.165) is 16.5 Å². The highest BCUT2D eigenvalue weighted by atomic mass is 16.5. The lowest BCUT2D eigenvalue weighted by Gasteiger charge is -1.93. The van der Waals surface area contributed by atoms with Crippen LogP contribution >= 0.6 is 0 Å². The van der Waals surface area contributed by atoms with E-state index in [1.165, 1.54) is 6.07 Å². The van der Waals surface area contributed by atoms with E-state index < -0.39 is 5.97 Å². The summed E-state index contributed by atoms with van der Waals surface area (Å²) in [5.41, 5.74) is 1.81. The third-order valence-electron chi connectivity index (χ3n) is 2.89. The van der Waals surface area contributed by atoms with Crippen molar-refractivity contribution in [3.8, 4) is 11.3 Å². The maximum absolute atomic E-state index is 10.8. The number of hydrogen-bond acceptors (Lipinski definition) is 3. The van der Waals surface area contributed by atoms with Gasteiger partial charge in [-0.2, -0.15) is 0 Å². The zero-order valence-electron chi connectivity index (χ0n) is 9.62. The molecule has 0 spiro atoms. The van der Waals surface area contributed by atoms with Gasteiger partial charge in [0.1, 0.15) is 0 Å². The minimum atomic E-state index is -1.09. The predicted molar refractivity (Wildman–Crippen MR) is 65.4 cm³/mol. The topological polar surface area (TPSA) is 68.3 Å². The first-order chi connectivity index (χ1) is 8.66. The third-order valence-corrected chi connectivity index (χ3v) is 2.89. The quantitative estimate of drug-likeness (QED) is 0.749. The van der Waals surface area contributed by atoms with E-state index in [4.69, 9.17) is 9.63 Å². The molecule has 0 saturated carbocycles. The molecule has 2 heterocycles. The van der Waals surface area contributed by atoms with Gasteiger partial charge in [-0.1, -0.05) is 23.4 Å². The molecular formula is C13H10N2O3. The number of rotatable bonds is 2. The second-order valence-electron chi connectivity index (χ2n) is 4.05. The van der Waals surface area contributed by atoms with Crippen molar-refractivity contribution >= 4 is 16.9 Å². The smallest absolute Gasteiger partial charge is 0.358 e. The van der Waals surface area contributed by atoms with E-state index in [1.54, 1.807) is 0 Å². The van der Waals surface area contributed by atoms with Gasteiger partial charge in [-0.15, -0.1) is 0 Å². The monoisotopic (exact) mass is 242 g/mol. The molecule has 3 rings (SSSR count). The zero-order valence-corrected chi connectivity index (χ0v) is 9.62. The van der Waals surface area contributed by atoms with Crippen molar-refractivity contribution in [2.24, 2.45) is 7.05 Å². The Morgan fingerprint density at radius 3 is 2.89 bits per heavy atom. The Balaban J connectivity index is 2.22. The fourth-order valence-corrected chi connectivity index (χ4v) is 2.04. The van der Waals surface area contributed by atoms with Gasteiger partial charge in [0.2, 0.25) is 0 Å². The molecule has 90 valence electrons. The van der Waals surface area contributed by atoms with Gasteiger partial charge in [0, 0.05) is 35.8 Å². The minimum Gasteiger partial charge on any atom is -0.476 e. The van der Waals surface area contributed by atoms with Crippen LogP contribution in [-0.2, 0) is 7.05 Å². The number of fused-ring (bicyclic) bond motifs is 1. The number of aromatic nitrogens is 2. The van der Waals surface area contributed by atoms with E-state index in [2.05, 4.69) is 5.16 Å². The second kappa shape index (κ2) is 3.73. The van der Waals surface area contributed by atoms with Crippen LogP contribution in [0.5, 0.6) is 0 Å². The first-order valence-electron chi connectivity index (χ1n) is 5.41. The summed E-state index contributed by atoms with van der Waals surface area (Å²) in [6, 6.07) is 9.28. The summed E-state index contributed by atoms with van der Waals surface area (Å²) in [5.74, 6) is -0.630. The van der Waals surface area contributed by atoms with Crippen LogP contribution in [0.3, 0.4) is 0 Å². The lowest BCUT2D eigenvalue weighted by Crippen LogP contribution is -1.94. The van der Waals surface area contributed by atoms with Crippen molar-refractivity contribution in [3.63, 3.8) is 0 Å². The highest BCUT2D eigenvalue weighted by molar-refractivity contribution is 5.96. The summed E-state index contributed by atoms with van der Waals surface area (Å²) >= 11 is 0. The highest BCUT2D eigenvalue weighted by Gasteiger charge is 2.15. The molecule has 0 bridgehead atoms. The summed E-state index contributed by atoms with van der Waals surface area (Å²) in [4.78, 5) is 10.8. The molecule has 0 aliphatic heterocycles. The van der Waals surface area contributed by atoms with Crippen LogP contribution in [-0.4, -0.2) is 20.8 Å². The Labute approximate surface area is 102 Å². The molecule has 5 heteroatoms. The number of benzene rings is 1. The number of carbonyl (C=O) groups is 1. The van der Waals surface area contributed by atoms with Gasteiger partial charge in [-0.25, -0.2) is 4.79 Å². The van der Waals surface area contributed by atoms with Crippen molar-refractivity contribution in [3.05, 3.63) is 42.2 Å². The van der Waals surface area contributed by atoms with E-state index in [1.807, 2.05) is 42.1 Å². The molecule has 0 amide bonds. The van der Waals surface area contributed by atoms with Gasteiger partial charge in [-0.05, 0) is 6.07 Å². The Hall–Kier alpha value is -2.56. The van der Waals surface area contributed by atoms with Crippen molar-refractivity contribution < 1.29 is 14.4 Å². The maximum atomic E-state index is 10.8. The Morgan fingerprint density at radius 2 is 2.17 bits per heavy atom. The Bertz CT molecular complexity index is 740. The van der Waals surface area contributed by atoms with Crippen molar-refractivity contribution in [1.82, 2.24) is 9.72 Å². The van der Waals surface area contributed by atoms with Crippen LogP contribution in [0, 0.1) is 0 Å². The fourth-order valence-electron chi connectivity index (χ4n) is 2.04. The molecule has 18 heavy (non-hydrogen) atoms. The van der Waals surface area contributed by atoms with Gasteiger partial charge in [-0.3, -0.25) is 0 Å².